The molecule has 1 aliphatic rings. The summed E-state index contributed by atoms with van der Waals surface area (Å²) in [5, 5.41) is 8.12. The first-order valence-corrected chi connectivity index (χ1v) is 10.3. The molecule has 2 aromatic heterocycles. The zero-order chi connectivity index (χ0) is 21.5. The van der Waals surface area contributed by atoms with Crippen LogP contribution in [0.5, 0.6) is 0 Å². The summed E-state index contributed by atoms with van der Waals surface area (Å²) >= 11 is 0. The van der Waals surface area contributed by atoms with Gasteiger partial charge in [-0.1, -0.05) is 19.1 Å². The highest BCUT2D eigenvalue weighted by Crippen LogP contribution is 2.43. The molecule has 1 fully saturated rings. The number of benzene rings is 2. The molecule has 0 bridgehead atoms. The normalized spacial score (nSPS) is 13.5. The van der Waals surface area contributed by atoms with Crippen LogP contribution in [-0.2, 0) is 6.42 Å². The minimum atomic E-state index is -0.499. The van der Waals surface area contributed by atoms with Crippen LogP contribution in [0.4, 0.5) is 14.5 Å². The van der Waals surface area contributed by atoms with Gasteiger partial charge in [0.25, 0.3) is 5.91 Å². The third kappa shape index (κ3) is 3.56. The van der Waals surface area contributed by atoms with Gasteiger partial charge < -0.3 is 5.32 Å². The molecule has 0 unspecified atom stereocenters. The Bertz CT molecular complexity index is 1290. The number of fused-ring (bicyclic) bond motifs is 1. The Hall–Kier alpha value is -3.61. The fourth-order valence-corrected chi connectivity index (χ4v) is 3.71. The van der Waals surface area contributed by atoms with Gasteiger partial charge in [-0.05, 0) is 61.7 Å². The molecule has 5 rings (SSSR count). The molecule has 1 saturated carbocycles. The minimum absolute atomic E-state index is 0.120. The Morgan fingerprint density at radius 2 is 1.87 bits per heavy atom. The number of hydrogen-bond donors (Lipinski definition) is 1. The average molecular weight is 418 g/mol. The van der Waals surface area contributed by atoms with E-state index in [0.29, 0.717) is 28.7 Å². The molecule has 156 valence electrons. The van der Waals surface area contributed by atoms with E-state index >= 15 is 0 Å². The van der Waals surface area contributed by atoms with Crippen LogP contribution < -0.4 is 5.32 Å². The summed E-state index contributed by atoms with van der Waals surface area (Å²) in [6.45, 7) is 1.95. The Kier molecular flexibility index (Phi) is 4.73. The van der Waals surface area contributed by atoms with Gasteiger partial charge in [-0.3, -0.25) is 4.79 Å². The van der Waals surface area contributed by atoms with Gasteiger partial charge in [0.2, 0.25) is 0 Å². The smallest absolute Gasteiger partial charge is 0.256 e. The first kappa shape index (κ1) is 19.4. The van der Waals surface area contributed by atoms with Gasteiger partial charge in [0.05, 0.1) is 28.0 Å². The highest BCUT2D eigenvalue weighted by atomic mass is 19.1. The fourth-order valence-electron chi connectivity index (χ4n) is 3.71. The van der Waals surface area contributed by atoms with Crippen molar-refractivity contribution in [3.63, 3.8) is 0 Å². The summed E-state index contributed by atoms with van der Waals surface area (Å²) in [6, 6.07) is 13.8. The number of rotatable bonds is 5. The number of carbonyl (C=O) groups is 1. The summed E-state index contributed by atoms with van der Waals surface area (Å²) in [5.74, 6) is -0.998. The second-order valence-electron chi connectivity index (χ2n) is 7.70. The molecule has 0 radical (unpaired) electrons. The van der Waals surface area contributed by atoms with Gasteiger partial charge in [-0.2, -0.15) is 5.10 Å². The lowest BCUT2D eigenvalue weighted by Gasteiger charge is -2.10. The molecule has 1 N–H and O–H groups in total. The van der Waals surface area contributed by atoms with Crippen molar-refractivity contribution in [1.82, 2.24) is 14.8 Å². The van der Waals surface area contributed by atoms with E-state index < -0.39 is 11.7 Å². The maximum Gasteiger partial charge on any atom is 0.256 e. The van der Waals surface area contributed by atoms with Gasteiger partial charge in [-0.25, -0.2) is 18.4 Å². The van der Waals surface area contributed by atoms with E-state index in [9.17, 15) is 13.6 Å². The Labute approximate surface area is 177 Å². The van der Waals surface area contributed by atoms with Crippen molar-refractivity contribution < 1.29 is 13.6 Å². The summed E-state index contributed by atoms with van der Waals surface area (Å²) < 4.78 is 29.3. The molecule has 2 aromatic carbocycles. The van der Waals surface area contributed by atoms with Crippen molar-refractivity contribution in [2.24, 2.45) is 0 Å². The number of hydrogen-bond acceptors (Lipinski definition) is 3. The first-order chi connectivity index (χ1) is 15.0. The second-order valence-corrected chi connectivity index (χ2v) is 7.70. The Balaban J connectivity index is 1.70. The van der Waals surface area contributed by atoms with Crippen LogP contribution in [0.2, 0.25) is 0 Å². The summed E-state index contributed by atoms with van der Waals surface area (Å²) in [7, 11) is 0. The second kappa shape index (κ2) is 7.58. The third-order valence-electron chi connectivity index (χ3n) is 5.48. The minimum Gasteiger partial charge on any atom is -0.319 e. The number of nitrogens with zero attached hydrogens (tertiary/aromatic N) is 3. The number of amides is 1. The predicted octanol–water partition coefficient (Wildman–Crippen LogP) is 5.39. The third-order valence-corrected chi connectivity index (χ3v) is 5.48. The molecule has 0 aliphatic heterocycles. The van der Waals surface area contributed by atoms with Crippen LogP contribution in [0.15, 0.2) is 54.6 Å². The maximum atomic E-state index is 14.1. The topological polar surface area (TPSA) is 59.8 Å². The zero-order valence-electron chi connectivity index (χ0n) is 16.9. The van der Waals surface area contributed by atoms with Gasteiger partial charge in [-0.15, -0.1) is 0 Å². The largest absolute Gasteiger partial charge is 0.319 e. The van der Waals surface area contributed by atoms with Crippen LogP contribution >= 0.6 is 0 Å². The summed E-state index contributed by atoms with van der Waals surface area (Å²) in [6.07, 6.45) is 2.59. The number of halogens is 2. The van der Waals surface area contributed by atoms with Crippen LogP contribution in [0.1, 0.15) is 47.4 Å². The van der Waals surface area contributed by atoms with Crippen LogP contribution in [0, 0.1) is 11.6 Å². The molecule has 1 amide bonds. The van der Waals surface area contributed by atoms with Crippen molar-refractivity contribution in [2.45, 2.75) is 32.1 Å². The van der Waals surface area contributed by atoms with Crippen molar-refractivity contribution in [2.75, 3.05) is 5.32 Å². The quantitative estimate of drug-likeness (QED) is 0.473. The Morgan fingerprint density at radius 1 is 1.13 bits per heavy atom. The monoisotopic (exact) mass is 418 g/mol. The van der Waals surface area contributed by atoms with E-state index in [-0.39, 0.29) is 17.4 Å². The van der Waals surface area contributed by atoms with E-state index in [4.69, 9.17) is 10.1 Å². The number of pyridine rings is 1. The van der Waals surface area contributed by atoms with Gasteiger partial charge in [0.1, 0.15) is 11.6 Å². The summed E-state index contributed by atoms with van der Waals surface area (Å²) in [4.78, 5) is 18.0. The van der Waals surface area contributed by atoms with Crippen molar-refractivity contribution in [1.29, 1.82) is 0 Å². The molecule has 0 spiro atoms. The lowest BCUT2D eigenvalue weighted by atomic mass is 10.1. The van der Waals surface area contributed by atoms with Crippen LogP contribution in [0.3, 0.4) is 0 Å². The molecule has 0 saturated heterocycles. The molecule has 31 heavy (non-hydrogen) atoms. The average Bonchev–Trinajstić information content (AvgIpc) is 3.55. The van der Waals surface area contributed by atoms with Crippen LogP contribution in [-0.4, -0.2) is 20.7 Å². The first-order valence-electron chi connectivity index (χ1n) is 10.3. The van der Waals surface area contributed by atoms with Crippen LogP contribution in [0.25, 0.3) is 16.7 Å². The predicted molar refractivity (Wildman–Crippen MR) is 115 cm³/mol. The fraction of sp³-hybridized carbons (Fsp3) is 0.208. The van der Waals surface area contributed by atoms with Gasteiger partial charge in [0.15, 0.2) is 5.65 Å². The molecule has 1 aliphatic carbocycles. The number of para-hydroxylation sites is 1. The number of aryl methyl sites for hydroxylation is 1. The van der Waals surface area contributed by atoms with Crippen molar-refractivity contribution in [3.8, 4) is 5.69 Å². The highest BCUT2D eigenvalue weighted by molar-refractivity contribution is 6.13. The molecule has 2 heterocycles. The zero-order valence-corrected chi connectivity index (χ0v) is 16.9. The van der Waals surface area contributed by atoms with Crippen molar-refractivity contribution in [3.05, 3.63) is 83.2 Å². The number of carbonyl (C=O) groups excluding carboxylic acids is 1. The molecule has 7 heteroatoms. The molecular formula is C24H20F2N4O. The lowest BCUT2D eigenvalue weighted by molar-refractivity contribution is 0.102. The molecular weight excluding hydrogens is 398 g/mol. The molecule has 0 atom stereocenters. The van der Waals surface area contributed by atoms with E-state index in [1.807, 2.05) is 6.92 Å². The van der Waals surface area contributed by atoms with E-state index in [2.05, 4.69) is 5.32 Å². The molecule has 5 nitrogen and oxygen atoms in total. The molecule has 4 aromatic rings. The SMILES string of the molecule is CCc1cc(C(=O)Nc2ccccc2F)c2c(C3CC3)nn(-c3ccc(F)cc3)c2n1. The number of nitrogens with one attached hydrogen (secondary N) is 1. The van der Waals surface area contributed by atoms with Crippen molar-refractivity contribution >= 4 is 22.6 Å². The van der Waals surface area contributed by atoms with Gasteiger partial charge >= 0.3 is 0 Å². The van der Waals surface area contributed by atoms with E-state index in [1.54, 1.807) is 35.0 Å². The Morgan fingerprint density at radius 3 is 2.55 bits per heavy atom. The number of anilines is 1. The standard InChI is InChI=1S/C24H20F2N4O/c1-2-16-13-18(24(31)28-20-6-4-3-5-19(20)26)21-22(14-7-8-14)29-30(23(21)27-16)17-11-9-15(25)10-12-17/h3-6,9-14H,2,7-8H2,1H3,(H,28,31). The number of aromatic nitrogens is 3. The van der Waals surface area contributed by atoms with Gasteiger partial charge in [0, 0.05) is 11.6 Å². The summed E-state index contributed by atoms with van der Waals surface area (Å²) in [5.41, 5.74) is 3.27. The van der Waals surface area contributed by atoms with E-state index in [1.165, 1.54) is 24.3 Å². The van der Waals surface area contributed by atoms with E-state index in [0.717, 1.165) is 24.2 Å². The maximum absolute atomic E-state index is 14.1. The highest BCUT2D eigenvalue weighted by Gasteiger charge is 2.32. The lowest BCUT2D eigenvalue weighted by Crippen LogP contribution is -2.15.